The van der Waals surface area contributed by atoms with Crippen LogP contribution in [0.5, 0.6) is 5.75 Å². The van der Waals surface area contributed by atoms with Crippen LogP contribution < -0.4 is 10.1 Å². The highest BCUT2D eigenvalue weighted by molar-refractivity contribution is 5.26. The third-order valence-electron chi connectivity index (χ3n) is 2.40. The van der Waals surface area contributed by atoms with Crippen molar-refractivity contribution in [2.75, 3.05) is 32.9 Å². The van der Waals surface area contributed by atoms with Crippen molar-refractivity contribution in [3.63, 3.8) is 0 Å². The van der Waals surface area contributed by atoms with Crippen molar-refractivity contribution in [2.45, 2.75) is 20.3 Å². The number of ether oxygens (including phenoxy) is 2. The maximum atomic E-state index is 5.59. The van der Waals surface area contributed by atoms with Crippen LogP contribution in [0.1, 0.15) is 18.9 Å². The van der Waals surface area contributed by atoms with Gasteiger partial charge in [0.1, 0.15) is 5.75 Å². The van der Waals surface area contributed by atoms with E-state index in [9.17, 15) is 0 Å². The Balaban J connectivity index is 1.95. The summed E-state index contributed by atoms with van der Waals surface area (Å²) >= 11 is 0. The number of aryl methyl sites for hydroxylation is 1. The van der Waals surface area contributed by atoms with Crippen LogP contribution in [0, 0.1) is 6.92 Å². The van der Waals surface area contributed by atoms with Crippen LogP contribution in [0.4, 0.5) is 0 Å². The summed E-state index contributed by atoms with van der Waals surface area (Å²) in [6.45, 7) is 8.34. The van der Waals surface area contributed by atoms with E-state index >= 15 is 0 Å². The lowest BCUT2D eigenvalue weighted by Gasteiger charge is -2.07. The van der Waals surface area contributed by atoms with Crippen LogP contribution in [0.15, 0.2) is 24.3 Å². The van der Waals surface area contributed by atoms with Crippen LogP contribution in [0.2, 0.25) is 0 Å². The molecule has 0 atom stereocenters. The zero-order valence-corrected chi connectivity index (χ0v) is 10.9. The van der Waals surface area contributed by atoms with E-state index in [0.717, 1.165) is 38.5 Å². The number of nitrogens with one attached hydrogen (secondary N) is 1. The second-order valence-corrected chi connectivity index (χ2v) is 3.98. The Morgan fingerprint density at radius 1 is 1.06 bits per heavy atom. The van der Waals surface area contributed by atoms with E-state index < -0.39 is 0 Å². The molecule has 0 spiro atoms. The fourth-order valence-electron chi connectivity index (χ4n) is 1.41. The minimum atomic E-state index is 0.713. The summed E-state index contributed by atoms with van der Waals surface area (Å²) in [6.07, 6.45) is 0.931. The number of hydrogen-bond donors (Lipinski definition) is 1. The summed E-state index contributed by atoms with van der Waals surface area (Å²) in [5.41, 5.74) is 1.25. The normalized spacial score (nSPS) is 10.5. The molecule has 0 saturated carbocycles. The van der Waals surface area contributed by atoms with Crippen molar-refractivity contribution < 1.29 is 9.47 Å². The summed E-state index contributed by atoms with van der Waals surface area (Å²) in [7, 11) is 0. The molecule has 0 saturated heterocycles. The highest BCUT2D eigenvalue weighted by Gasteiger charge is 1.93. The standard InChI is InChI=1S/C14H23NO2/c1-3-15-9-12-16-10-4-11-17-14-7-5-13(2)6-8-14/h5-8,15H,3-4,9-12H2,1-2H3. The van der Waals surface area contributed by atoms with Gasteiger partial charge in [-0.2, -0.15) is 0 Å². The Bertz CT molecular complexity index is 285. The molecule has 0 aliphatic rings. The van der Waals surface area contributed by atoms with Gasteiger partial charge in [0.15, 0.2) is 0 Å². The van der Waals surface area contributed by atoms with Gasteiger partial charge in [-0.1, -0.05) is 24.6 Å². The Kier molecular flexibility index (Phi) is 7.43. The summed E-state index contributed by atoms with van der Waals surface area (Å²) in [5.74, 6) is 0.934. The number of likely N-dealkylation sites (N-methyl/N-ethyl adjacent to an activating group) is 1. The largest absolute Gasteiger partial charge is 0.494 e. The molecule has 0 fully saturated rings. The molecule has 3 nitrogen and oxygen atoms in total. The fourth-order valence-corrected chi connectivity index (χ4v) is 1.41. The van der Waals surface area contributed by atoms with Crippen LogP contribution in [0.3, 0.4) is 0 Å². The van der Waals surface area contributed by atoms with E-state index in [-0.39, 0.29) is 0 Å². The van der Waals surface area contributed by atoms with Gasteiger partial charge in [0, 0.05) is 19.6 Å². The molecule has 0 radical (unpaired) electrons. The van der Waals surface area contributed by atoms with E-state index in [1.807, 2.05) is 12.1 Å². The lowest BCUT2D eigenvalue weighted by atomic mass is 10.2. The van der Waals surface area contributed by atoms with E-state index in [1.165, 1.54) is 5.56 Å². The van der Waals surface area contributed by atoms with Crippen molar-refractivity contribution in [3.05, 3.63) is 29.8 Å². The first-order valence-corrected chi connectivity index (χ1v) is 6.31. The van der Waals surface area contributed by atoms with Crippen molar-refractivity contribution in [1.29, 1.82) is 0 Å². The van der Waals surface area contributed by atoms with Crippen molar-refractivity contribution in [2.24, 2.45) is 0 Å². The monoisotopic (exact) mass is 237 g/mol. The van der Waals surface area contributed by atoms with E-state index in [0.29, 0.717) is 6.61 Å². The highest BCUT2D eigenvalue weighted by atomic mass is 16.5. The highest BCUT2D eigenvalue weighted by Crippen LogP contribution is 2.11. The first kappa shape index (κ1) is 14.0. The molecular formula is C14H23NO2. The van der Waals surface area contributed by atoms with Crippen LogP contribution in [-0.2, 0) is 4.74 Å². The van der Waals surface area contributed by atoms with Crippen molar-refractivity contribution in [3.8, 4) is 5.75 Å². The maximum Gasteiger partial charge on any atom is 0.119 e. The summed E-state index contributed by atoms with van der Waals surface area (Å²) in [6, 6.07) is 8.12. The van der Waals surface area contributed by atoms with Gasteiger partial charge in [0.2, 0.25) is 0 Å². The quantitative estimate of drug-likeness (QED) is 0.669. The number of rotatable bonds is 9. The number of hydrogen-bond acceptors (Lipinski definition) is 3. The predicted octanol–water partition coefficient (Wildman–Crippen LogP) is 2.39. The zero-order valence-electron chi connectivity index (χ0n) is 10.9. The molecule has 0 aliphatic heterocycles. The molecule has 0 bridgehead atoms. The lowest BCUT2D eigenvalue weighted by Crippen LogP contribution is -2.19. The smallest absolute Gasteiger partial charge is 0.119 e. The van der Waals surface area contributed by atoms with E-state index in [4.69, 9.17) is 9.47 Å². The molecule has 1 aromatic rings. The van der Waals surface area contributed by atoms with Gasteiger partial charge in [-0.25, -0.2) is 0 Å². The fraction of sp³-hybridized carbons (Fsp3) is 0.571. The SMILES string of the molecule is CCNCCOCCCOc1ccc(C)cc1. The molecule has 1 rings (SSSR count). The topological polar surface area (TPSA) is 30.5 Å². The Hall–Kier alpha value is -1.06. The third kappa shape index (κ3) is 6.97. The molecule has 96 valence electrons. The average Bonchev–Trinajstić information content (AvgIpc) is 2.35. The Morgan fingerprint density at radius 2 is 1.82 bits per heavy atom. The summed E-state index contributed by atoms with van der Waals surface area (Å²) < 4.78 is 11.0. The molecule has 1 aromatic carbocycles. The number of benzene rings is 1. The summed E-state index contributed by atoms with van der Waals surface area (Å²) in [4.78, 5) is 0. The zero-order chi connectivity index (χ0) is 12.3. The molecule has 0 amide bonds. The minimum Gasteiger partial charge on any atom is -0.494 e. The minimum absolute atomic E-state index is 0.713. The lowest BCUT2D eigenvalue weighted by molar-refractivity contribution is 0.121. The molecule has 17 heavy (non-hydrogen) atoms. The van der Waals surface area contributed by atoms with E-state index in [2.05, 4.69) is 31.3 Å². The molecule has 1 N–H and O–H groups in total. The first-order chi connectivity index (χ1) is 8.33. The van der Waals surface area contributed by atoms with Crippen molar-refractivity contribution >= 4 is 0 Å². The van der Waals surface area contributed by atoms with Crippen LogP contribution >= 0.6 is 0 Å². The van der Waals surface area contributed by atoms with E-state index in [1.54, 1.807) is 0 Å². The van der Waals surface area contributed by atoms with Gasteiger partial charge in [-0.15, -0.1) is 0 Å². The molecular weight excluding hydrogens is 214 g/mol. The van der Waals surface area contributed by atoms with Gasteiger partial charge in [0.25, 0.3) is 0 Å². The summed E-state index contributed by atoms with van der Waals surface area (Å²) in [5, 5.41) is 3.21. The second-order valence-electron chi connectivity index (χ2n) is 3.98. The molecule has 0 aliphatic carbocycles. The van der Waals surface area contributed by atoms with Gasteiger partial charge in [0.05, 0.1) is 13.2 Å². The Morgan fingerprint density at radius 3 is 2.53 bits per heavy atom. The van der Waals surface area contributed by atoms with Crippen LogP contribution in [-0.4, -0.2) is 32.9 Å². The average molecular weight is 237 g/mol. The molecule has 0 aromatic heterocycles. The first-order valence-electron chi connectivity index (χ1n) is 6.31. The van der Waals surface area contributed by atoms with Gasteiger partial charge >= 0.3 is 0 Å². The molecule has 0 unspecified atom stereocenters. The molecule has 3 heteroatoms. The molecule has 0 heterocycles. The Labute approximate surface area is 104 Å². The third-order valence-corrected chi connectivity index (χ3v) is 2.40. The van der Waals surface area contributed by atoms with Crippen molar-refractivity contribution in [1.82, 2.24) is 5.32 Å². The maximum absolute atomic E-state index is 5.59. The predicted molar refractivity (Wildman–Crippen MR) is 70.7 cm³/mol. The van der Waals surface area contributed by atoms with Gasteiger partial charge in [-0.3, -0.25) is 0 Å². The van der Waals surface area contributed by atoms with Gasteiger partial charge < -0.3 is 14.8 Å². The van der Waals surface area contributed by atoms with Crippen LogP contribution in [0.25, 0.3) is 0 Å². The second kappa shape index (κ2) is 9.02. The van der Waals surface area contributed by atoms with Gasteiger partial charge in [-0.05, 0) is 25.6 Å².